The average Bonchev–Trinajstić information content (AvgIpc) is 2.74. The molecule has 1 amide bonds. The number of rotatable bonds is 7. The van der Waals surface area contributed by atoms with E-state index < -0.39 is 12.1 Å². The third-order valence-electron chi connectivity index (χ3n) is 4.83. The Labute approximate surface area is 165 Å². The summed E-state index contributed by atoms with van der Waals surface area (Å²) in [5, 5.41) is 2.89. The molecule has 0 aromatic heterocycles. The van der Waals surface area contributed by atoms with Crippen LogP contribution < -0.4 is 10.1 Å². The molecule has 2 atom stereocenters. The summed E-state index contributed by atoms with van der Waals surface area (Å²) in [7, 11) is 0. The molecule has 2 aromatic rings. The number of fused-ring (bicyclic) bond motifs is 1. The molecule has 0 saturated carbocycles. The molecule has 146 valence electrons. The van der Waals surface area contributed by atoms with Crippen molar-refractivity contribution in [3.05, 3.63) is 71.3 Å². The van der Waals surface area contributed by atoms with E-state index in [1.54, 1.807) is 13.0 Å². The maximum atomic E-state index is 12.4. The van der Waals surface area contributed by atoms with Crippen molar-refractivity contribution < 1.29 is 19.1 Å². The average molecular weight is 379 g/mol. The number of carbonyl (C=O) groups excluding carboxylic acids is 2. The summed E-state index contributed by atoms with van der Waals surface area (Å²) in [4.78, 5) is 24.8. The van der Waals surface area contributed by atoms with Crippen LogP contribution in [-0.2, 0) is 14.3 Å². The first-order valence-corrected chi connectivity index (χ1v) is 9.54. The van der Waals surface area contributed by atoms with Gasteiger partial charge < -0.3 is 14.8 Å². The number of nitrogens with one attached hydrogen (secondary N) is 1. The molecule has 1 heterocycles. The number of amides is 1. The van der Waals surface area contributed by atoms with E-state index in [1.807, 2.05) is 42.5 Å². The van der Waals surface area contributed by atoms with Crippen molar-refractivity contribution >= 4 is 18.0 Å². The van der Waals surface area contributed by atoms with E-state index in [4.69, 9.17) is 9.47 Å². The van der Waals surface area contributed by atoms with Crippen molar-refractivity contribution in [2.45, 2.75) is 32.3 Å². The monoisotopic (exact) mass is 379 g/mol. The van der Waals surface area contributed by atoms with Crippen LogP contribution in [0.4, 0.5) is 0 Å². The fourth-order valence-corrected chi connectivity index (χ4v) is 3.11. The number of ether oxygens (including phenoxy) is 2. The number of hydrogen-bond donors (Lipinski definition) is 1. The summed E-state index contributed by atoms with van der Waals surface area (Å²) in [6.07, 6.45) is 1.77. The lowest BCUT2D eigenvalue weighted by Crippen LogP contribution is -2.38. The molecule has 2 aromatic carbocycles. The first-order chi connectivity index (χ1) is 13.6. The number of para-hydroxylation sites is 1. The summed E-state index contributed by atoms with van der Waals surface area (Å²) < 4.78 is 10.9. The molecule has 1 aliphatic rings. The molecule has 0 aliphatic carbocycles. The van der Waals surface area contributed by atoms with E-state index in [9.17, 15) is 9.59 Å². The van der Waals surface area contributed by atoms with Gasteiger partial charge in [0.1, 0.15) is 12.4 Å². The van der Waals surface area contributed by atoms with Crippen molar-refractivity contribution in [3.8, 4) is 5.75 Å². The van der Waals surface area contributed by atoms with E-state index in [-0.39, 0.29) is 18.4 Å². The number of benzene rings is 2. The van der Waals surface area contributed by atoms with Crippen LogP contribution in [0.2, 0.25) is 0 Å². The van der Waals surface area contributed by atoms with Gasteiger partial charge in [0, 0.05) is 18.0 Å². The van der Waals surface area contributed by atoms with Gasteiger partial charge in [-0.25, -0.2) is 4.79 Å². The van der Waals surface area contributed by atoms with Gasteiger partial charge in [0.05, 0.1) is 5.57 Å². The van der Waals surface area contributed by atoms with Gasteiger partial charge in [0.2, 0.25) is 0 Å². The maximum Gasteiger partial charge on any atom is 0.338 e. The Hall–Kier alpha value is -3.08. The summed E-state index contributed by atoms with van der Waals surface area (Å²) in [6, 6.07) is 17.5. The molecule has 1 aliphatic heterocycles. The molecule has 3 rings (SSSR count). The minimum absolute atomic E-state index is 0.135. The van der Waals surface area contributed by atoms with Crippen LogP contribution in [-0.4, -0.2) is 31.1 Å². The highest BCUT2D eigenvalue weighted by molar-refractivity contribution is 5.96. The molecule has 0 bridgehead atoms. The first-order valence-electron chi connectivity index (χ1n) is 9.54. The number of hydrogen-bond acceptors (Lipinski definition) is 4. The highest BCUT2D eigenvalue weighted by Gasteiger charge is 2.23. The Morgan fingerprint density at radius 1 is 1.11 bits per heavy atom. The third kappa shape index (κ3) is 4.80. The van der Waals surface area contributed by atoms with E-state index in [2.05, 4.69) is 24.4 Å². The molecule has 1 N–H and O–H groups in total. The van der Waals surface area contributed by atoms with Crippen molar-refractivity contribution in [2.24, 2.45) is 0 Å². The van der Waals surface area contributed by atoms with Crippen molar-refractivity contribution in [1.82, 2.24) is 5.32 Å². The van der Waals surface area contributed by atoms with Crippen molar-refractivity contribution in [1.29, 1.82) is 0 Å². The highest BCUT2D eigenvalue weighted by atomic mass is 16.6. The van der Waals surface area contributed by atoms with Gasteiger partial charge in [-0.1, -0.05) is 55.5 Å². The lowest BCUT2D eigenvalue weighted by atomic mass is 9.96. The molecule has 0 radical (unpaired) electrons. The quantitative estimate of drug-likeness (QED) is 0.745. The van der Waals surface area contributed by atoms with Crippen LogP contribution in [0, 0.1) is 0 Å². The third-order valence-corrected chi connectivity index (χ3v) is 4.83. The molecule has 5 heteroatoms. The molecular formula is C23H25NO4. The summed E-state index contributed by atoms with van der Waals surface area (Å²) in [5.41, 5.74) is 2.40. The predicted molar refractivity (Wildman–Crippen MR) is 108 cm³/mol. The van der Waals surface area contributed by atoms with E-state index in [1.165, 1.54) is 5.56 Å². The van der Waals surface area contributed by atoms with E-state index in [0.29, 0.717) is 12.1 Å². The van der Waals surface area contributed by atoms with Crippen LogP contribution in [0.3, 0.4) is 0 Å². The topological polar surface area (TPSA) is 64.6 Å². The SMILES string of the molecule is CC[C@H](CNC(=O)[C@H](C)OC(=O)C1=Cc2ccccc2OC1)c1ccccc1. The molecule has 0 saturated heterocycles. The Morgan fingerprint density at radius 2 is 1.82 bits per heavy atom. The van der Waals surface area contributed by atoms with Gasteiger partial charge in [-0.05, 0) is 31.1 Å². The Kier molecular flexibility index (Phi) is 6.48. The van der Waals surface area contributed by atoms with E-state index >= 15 is 0 Å². The van der Waals surface area contributed by atoms with Crippen molar-refractivity contribution in [2.75, 3.05) is 13.2 Å². The number of esters is 1. The molecule has 0 spiro atoms. The molecular weight excluding hydrogens is 354 g/mol. The zero-order valence-electron chi connectivity index (χ0n) is 16.2. The standard InChI is InChI=1S/C23H25NO4/c1-3-17(18-9-5-4-6-10-18)14-24-22(25)16(2)28-23(26)20-13-19-11-7-8-12-21(19)27-15-20/h4-13,16-17H,3,14-15H2,1-2H3,(H,24,25)/t16-,17+/m0/s1. The molecule has 0 unspecified atom stereocenters. The molecule has 5 nitrogen and oxygen atoms in total. The van der Waals surface area contributed by atoms with Crippen LogP contribution >= 0.6 is 0 Å². The minimum Gasteiger partial charge on any atom is -0.488 e. The smallest absolute Gasteiger partial charge is 0.338 e. The van der Waals surface area contributed by atoms with Crippen LogP contribution in [0.15, 0.2) is 60.2 Å². The van der Waals surface area contributed by atoms with Crippen molar-refractivity contribution in [3.63, 3.8) is 0 Å². The normalized spacial score (nSPS) is 14.7. The van der Waals surface area contributed by atoms with Gasteiger partial charge in [0.15, 0.2) is 6.10 Å². The van der Waals surface area contributed by atoms with Gasteiger partial charge in [-0.15, -0.1) is 0 Å². The fraction of sp³-hybridized carbons (Fsp3) is 0.304. The maximum absolute atomic E-state index is 12.4. The van der Waals surface area contributed by atoms with Gasteiger partial charge in [-0.3, -0.25) is 4.79 Å². The Balaban J connectivity index is 1.54. The summed E-state index contributed by atoms with van der Waals surface area (Å²) in [6.45, 7) is 4.30. The zero-order chi connectivity index (χ0) is 19.9. The van der Waals surface area contributed by atoms with Gasteiger partial charge >= 0.3 is 5.97 Å². The second-order valence-electron chi connectivity index (χ2n) is 6.80. The fourth-order valence-electron chi connectivity index (χ4n) is 3.11. The van der Waals surface area contributed by atoms with Gasteiger partial charge in [0.25, 0.3) is 5.91 Å². The van der Waals surface area contributed by atoms with E-state index in [0.717, 1.165) is 17.7 Å². The zero-order valence-corrected chi connectivity index (χ0v) is 16.2. The lowest BCUT2D eigenvalue weighted by molar-refractivity contribution is -0.151. The Bertz CT molecular complexity index is 860. The Morgan fingerprint density at radius 3 is 2.57 bits per heavy atom. The largest absolute Gasteiger partial charge is 0.488 e. The second-order valence-corrected chi connectivity index (χ2v) is 6.80. The summed E-state index contributed by atoms with van der Waals surface area (Å²) >= 11 is 0. The van der Waals surface area contributed by atoms with Gasteiger partial charge in [-0.2, -0.15) is 0 Å². The second kappa shape index (κ2) is 9.22. The first kappa shape index (κ1) is 19.7. The molecule has 0 fully saturated rings. The van der Waals surface area contributed by atoms with Crippen LogP contribution in [0.25, 0.3) is 6.08 Å². The predicted octanol–water partition coefficient (Wildman–Crippen LogP) is 3.70. The van der Waals surface area contributed by atoms with Crippen LogP contribution in [0.1, 0.15) is 37.3 Å². The number of carbonyl (C=O) groups is 2. The highest BCUT2D eigenvalue weighted by Crippen LogP contribution is 2.26. The minimum atomic E-state index is -0.876. The molecule has 28 heavy (non-hydrogen) atoms. The lowest BCUT2D eigenvalue weighted by Gasteiger charge is -2.20. The summed E-state index contributed by atoms with van der Waals surface area (Å²) in [5.74, 6) is 0.114. The van der Waals surface area contributed by atoms with Crippen LogP contribution in [0.5, 0.6) is 5.75 Å².